The fourth-order valence-corrected chi connectivity index (χ4v) is 2.76. The molecule has 0 N–H and O–H groups in total. The van der Waals surface area contributed by atoms with Gasteiger partial charge in [0.25, 0.3) is 0 Å². The summed E-state index contributed by atoms with van der Waals surface area (Å²) in [5.74, 6) is 0.939. The van der Waals surface area contributed by atoms with E-state index in [1.54, 1.807) is 6.08 Å². The van der Waals surface area contributed by atoms with Gasteiger partial charge in [0.15, 0.2) is 0 Å². The van der Waals surface area contributed by atoms with Gasteiger partial charge in [-0.05, 0) is 26.0 Å². The van der Waals surface area contributed by atoms with Gasteiger partial charge < -0.3 is 4.74 Å². The van der Waals surface area contributed by atoms with Crippen LogP contribution >= 0.6 is 0 Å². The van der Waals surface area contributed by atoms with Crippen molar-refractivity contribution >= 4 is 0 Å². The zero-order chi connectivity index (χ0) is 17.4. The predicted molar refractivity (Wildman–Crippen MR) is 99.2 cm³/mol. The fourth-order valence-electron chi connectivity index (χ4n) is 2.76. The average molecular weight is 327 g/mol. The zero-order valence-corrected chi connectivity index (χ0v) is 15.2. The van der Waals surface area contributed by atoms with Crippen LogP contribution in [0.15, 0.2) is 43.1 Å². The summed E-state index contributed by atoms with van der Waals surface area (Å²) in [5.41, 5.74) is 3.78. The van der Waals surface area contributed by atoms with Crippen LogP contribution in [-0.4, -0.2) is 27.8 Å². The number of ether oxygens (including phenoxy) is 1. The first-order valence-electron chi connectivity index (χ1n) is 8.74. The third-order valence-electron chi connectivity index (χ3n) is 4.20. The lowest BCUT2D eigenvalue weighted by molar-refractivity contribution is 0.263. The van der Waals surface area contributed by atoms with E-state index < -0.39 is 0 Å². The summed E-state index contributed by atoms with van der Waals surface area (Å²) in [6, 6.07) is 8.23. The lowest BCUT2D eigenvalue weighted by Gasteiger charge is -2.22. The molecule has 2 rings (SSSR count). The van der Waals surface area contributed by atoms with Crippen molar-refractivity contribution in [3.63, 3.8) is 0 Å². The van der Waals surface area contributed by atoms with Crippen molar-refractivity contribution in [2.75, 3.05) is 13.2 Å². The number of benzene rings is 1. The molecule has 2 aromatic rings. The fraction of sp³-hybridized carbons (Fsp3) is 0.450. The SMILES string of the molecule is C=CCOc1ccccc1CN(CC)Cc1cnn(CCC)c1C. The van der Waals surface area contributed by atoms with E-state index in [0.717, 1.165) is 38.3 Å². The molecule has 0 saturated carbocycles. The Hall–Kier alpha value is -2.07. The summed E-state index contributed by atoms with van der Waals surface area (Å²) in [4.78, 5) is 2.41. The quantitative estimate of drug-likeness (QED) is 0.613. The van der Waals surface area contributed by atoms with Crippen molar-refractivity contribution < 1.29 is 4.74 Å². The van der Waals surface area contributed by atoms with Gasteiger partial charge in [0.05, 0.1) is 6.20 Å². The second kappa shape index (κ2) is 9.28. The monoisotopic (exact) mass is 327 g/mol. The summed E-state index contributed by atoms with van der Waals surface area (Å²) in [5, 5.41) is 4.51. The van der Waals surface area contributed by atoms with Crippen LogP contribution in [0, 0.1) is 6.92 Å². The molecule has 0 saturated heterocycles. The molecule has 1 aromatic heterocycles. The number of hydrogen-bond acceptors (Lipinski definition) is 3. The molecule has 0 aliphatic heterocycles. The van der Waals surface area contributed by atoms with Crippen molar-refractivity contribution in [3.8, 4) is 5.75 Å². The maximum absolute atomic E-state index is 5.78. The minimum atomic E-state index is 0.534. The Morgan fingerprint density at radius 3 is 2.67 bits per heavy atom. The average Bonchev–Trinajstić information content (AvgIpc) is 2.94. The molecule has 0 aliphatic rings. The smallest absolute Gasteiger partial charge is 0.124 e. The van der Waals surface area contributed by atoms with Crippen LogP contribution in [-0.2, 0) is 19.6 Å². The molecule has 0 aliphatic carbocycles. The van der Waals surface area contributed by atoms with Gasteiger partial charge >= 0.3 is 0 Å². The number of nitrogens with zero attached hydrogens (tertiary/aromatic N) is 3. The zero-order valence-electron chi connectivity index (χ0n) is 15.2. The van der Waals surface area contributed by atoms with E-state index in [4.69, 9.17) is 4.74 Å². The van der Waals surface area contributed by atoms with E-state index in [1.807, 2.05) is 18.3 Å². The van der Waals surface area contributed by atoms with Crippen LogP contribution in [0.1, 0.15) is 37.1 Å². The van der Waals surface area contributed by atoms with Gasteiger partial charge in [0.2, 0.25) is 0 Å². The molecule has 1 heterocycles. The Balaban J connectivity index is 2.08. The molecule has 4 heteroatoms. The summed E-state index contributed by atoms with van der Waals surface area (Å²) in [6.45, 7) is 14.5. The number of para-hydroxylation sites is 1. The van der Waals surface area contributed by atoms with Crippen LogP contribution in [0.2, 0.25) is 0 Å². The molecule has 0 radical (unpaired) electrons. The summed E-state index contributed by atoms with van der Waals surface area (Å²) in [6.07, 6.45) is 4.89. The molecule has 0 bridgehead atoms. The third kappa shape index (κ3) is 4.71. The molecular formula is C20H29N3O. The summed E-state index contributed by atoms with van der Waals surface area (Å²) < 4.78 is 7.88. The van der Waals surface area contributed by atoms with E-state index in [2.05, 4.69) is 54.2 Å². The number of rotatable bonds is 10. The van der Waals surface area contributed by atoms with E-state index in [-0.39, 0.29) is 0 Å². The Morgan fingerprint density at radius 1 is 1.21 bits per heavy atom. The van der Waals surface area contributed by atoms with E-state index >= 15 is 0 Å². The van der Waals surface area contributed by atoms with Gasteiger partial charge in [-0.25, -0.2) is 0 Å². The van der Waals surface area contributed by atoms with E-state index in [0.29, 0.717) is 6.61 Å². The molecule has 0 fully saturated rings. The molecule has 130 valence electrons. The van der Waals surface area contributed by atoms with Gasteiger partial charge in [0.1, 0.15) is 12.4 Å². The summed E-state index contributed by atoms with van der Waals surface area (Å²) in [7, 11) is 0. The minimum Gasteiger partial charge on any atom is -0.489 e. The standard InChI is InChI=1S/C20H29N3O/c1-5-12-23-17(4)19(14-21-23)16-22(7-3)15-18-10-8-9-11-20(18)24-13-6-2/h6,8-11,14H,2,5,7,12-13,15-16H2,1,3-4H3. The van der Waals surface area contributed by atoms with E-state index in [9.17, 15) is 0 Å². The van der Waals surface area contributed by atoms with Crippen molar-refractivity contribution in [1.82, 2.24) is 14.7 Å². The van der Waals surface area contributed by atoms with Crippen LogP contribution < -0.4 is 4.74 Å². The first-order chi connectivity index (χ1) is 11.7. The van der Waals surface area contributed by atoms with E-state index in [1.165, 1.54) is 16.8 Å². The van der Waals surface area contributed by atoms with Crippen LogP contribution in [0.25, 0.3) is 0 Å². The topological polar surface area (TPSA) is 30.3 Å². The number of aryl methyl sites for hydroxylation is 1. The first-order valence-corrected chi connectivity index (χ1v) is 8.74. The summed E-state index contributed by atoms with van der Waals surface area (Å²) >= 11 is 0. The highest BCUT2D eigenvalue weighted by molar-refractivity contribution is 5.33. The molecule has 0 spiro atoms. The van der Waals surface area contributed by atoms with Crippen molar-refractivity contribution in [2.24, 2.45) is 0 Å². The van der Waals surface area contributed by atoms with Crippen LogP contribution in [0.5, 0.6) is 5.75 Å². The van der Waals surface area contributed by atoms with Gasteiger partial charge in [0, 0.05) is 36.5 Å². The highest BCUT2D eigenvalue weighted by atomic mass is 16.5. The predicted octanol–water partition coefficient (Wildman–Crippen LogP) is 4.19. The molecular weight excluding hydrogens is 298 g/mol. The van der Waals surface area contributed by atoms with Crippen LogP contribution in [0.3, 0.4) is 0 Å². The highest BCUT2D eigenvalue weighted by Gasteiger charge is 2.12. The second-order valence-electron chi connectivity index (χ2n) is 5.99. The molecule has 0 atom stereocenters. The minimum absolute atomic E-state index is 0.534. The van der Waals surface area contributed by atoms with Gasteiger partial charge in [-0.15, -0.1) is 0 Å². The molecule has 1 aromatic carbocycles. The largest absolute Gasteiger partial charge is 0.489 e. The third-order valence-corrected chi connectivity index (χ3v) is 4.20. The molecule has 0 unspecified atom stereocenters. The number of aromatic nitrogens is 2. The Kier molecular flexibility index (Phi) is 7.07. The second-order valence-corrected chi connectivity index (χ2v) is 5.99. The Labute approximate surface area is 145 Å². The first kappa shape index (κ1) is 18.3. The van der Waals surface area contributed by atoms with Crippen LogP contribution in [0.4, 0.5) is 0 Å². The highest BCUT2D eigenvalue weighted by Crippen LogP contribution is 2.21. The Morgan fingerprint density at radius 2 is 1.96 bits per heavy atom. The normalized spacial score (nSPS) is 11.0. The molecule has 24 heavy (non-hydrogen) atoms. The number of hydrogen-bond donors (Lipinski definition) is 0. The van der Waals surface area contributed by atoms with Gasteiger partial charge in [-0.2, -0.15) is 5.10 Å². The maximum atomic E-state index is 5.78. The Bertz CT molecular complexity index is 648. The maximum Gasteiger partial charge on any atom is 0.124 e. The molecule has 0 amide bonds. The molecule has 4 nitrogen and oxygen atoms in total. The van der Waals surface area contributed by atoms with Crippen molar-refractivity contribution in [3.05, 3.63) is 59.9 Å². The van der Waals surface area contributed by atoms with Crippen molar-refractivity contribution in [2.45, 2.75) is 46.8 Å². The van der Waals surface area contributed by atoms with Gasteiger partial charge in [-0.1, -0.05) is 44.7 Å². The lowest BCUT2D eigenvalue weighted by Crippen LogP contribution is -2.23. The van der Waals surface area contributed by atoms with Gasteiger partial charge in [-0.3, -0.25) is 9.58 Å². The lowest BCUT2D eigenvalue weighted by atomic mass is 10.1. The van der Waals surface area contributed by atoms with Crippen molar-refractivity contribution in [1.29, 1.82) is 0 Å².